The van der Waals surface area contributed by atoms with E-state index < -0.39 is 28.5 Å². The molecule has 0 spiro atoms. The summed E-state index contributed by atoms with van der Waals surface area (Å²) in [5.41, 5.74) is 2.04. The lowest BCUT2D eigenvalue weighted by Crippen LogP contribution is -2.53. The third-order valence-corrected chi connectivity index (χ3v) is 9.13. The predicted molar refractivity (Wildman–Crippen MR) is 167 cm³/mol. The van der Waals surface area contributed by atoms with Crippen LogP contribution in [-0.2, 0) is 26.2 Å². The summed E-state index contributed by atoms with van der Waals surface area (Å²) in [6.45, 7) is 9.34. The molecule has 0 aromatic heterocycles. The van der Waals surface area contributed by atoms with Gasteiger partial charge in [-0.25, -0.2) is 8.42 Å². The van der Waals surface area contributed by atoms with Crippen molar-refractivity contribution in [2.45, 2.75) is 71.0 Å². The number of nitrogens with zero attached hydrogens (tertiary/aromatic N) is 2. The number of hydrogen-bond donors (Lipinski definition) is 1. The van der Waals surface area contributed by atoms with Gasteiger partial charge in [-0.1, -0.05) is 61.8 Å². The Balaban J connectivity index is 2.12. The van der Waals surface area contributed by atoms with Crippen LogP contribution in [0.5, 0.6) is 5.75 Å². The molecular formula is C32H40ClN3O5S. The molecule has 0 unspecified atom stereocenters. The zero-order valence-electron chi connectivity index (χ0n) is 24.8. The molecule has 1 N–H and O–H groups in total. The smallest absolute Gasteiger partial charge is 0.264 e. The molecule has 0 saturated carbocycles. The molecule has 0 heterocycles. The first-order chi connectivity index (χ1) is 20.0. The van der Waals surface area contributed by atoms with E-state index in [1.54, 1.807) is 31.2 Å². The van der Waals surface area contributed by atoms with E-state index in [9.17, 15) is 18.0 Å². The highest BCUT2D eigenvalue weighted by Gasteiger charge is 2.35. The van der Waals surface area contributed by atoms with E-state index in [4.69, 9.17) is 16.3 Å². The fourth-order valence-corrected chi connectivity index (χ4v) is 6.07. The number of rotatable bonds is 14. The molecule has 3 aromatic rings. The van der Waals surface area contributed by atoms with E-state index in [0.29, 0.717) is 23.8 Å². The summed E-state index contributed by atoms with van der Waals surface area (Å²) in [6.07, 6.45) is 1.08. The van der Waals surface area contributed by atoms with Crippen LogP contribution in [0.25, 0.3) is 0 Å². The second-order valence-electron chi connectivity index (χ2n) is 10.1. The minimum atomic E-state index is -4.25. The van der Waals surface area contributed by atoms with Gasteiger partial charge in [0.15, 0.2) is 0 Å². The molecule has 0 aliphatic carbocycles. The SMILES string of the molecule is CCOc1ccccc1N(CC(=O)N(Cc1ccccc1C)[C@H](CC)C(=O)N[C@@H](C)CC)S(=O)(=O)c1ccc(Cl)cc1. The van der Waals surface area contributed by atoms with E-state index in [1.165, 1.54) is 29.2 Å². The Labute approximate surface area is 254 Å². The molecule has 2 amide bonds. The molecule has 3 aromatic carbocycles. The molecule has 226 valence electrons. The highest BCUT2D eigenvalue weighted by atomic mass is 35.5. The number of nitrogens with one attached hydrogen (secondary N) is 1. The number of aryl methyl sites for hydroxylation is 1. The molecule has 42 heavy (non-hydrogen) atoms. The maximum absolute atomic E-state index is 14.3. The van der Waals surface area contributed by atoms with Gasteiger partial charge in [0.2, 0.25) is 11.8 Å². The van der Waals surface area contributed by atoms with Crippen LogP contribution in [0.4, 0.5) is 5.69 Å². The van der Waals surface area contributed by atoms with Crippen molar-refractivity contribution < 1.29 is 22.7 Å². The fourth-order valence-electron chi connectivity index (χ4n) is 4.52. The molecular weight excluding hydrogens is 574 g/mol. The third-order valence-electron chi connectivity index (χ3n) is 7.10. The zero-order valence-corrected chi connectivity index (χ0v) is 26.4. The highest BCUT2D eigenvalue weighted by molar-refractivity contribution is 7.92. The lowest BCUT2D eigenvalue weighted by molar-refractivity contribution is -0.140. The summed E-state index contributed by atoms with van der Waals surface area (Å²) in [5.74, 6) is -0.485. The van der Waals surface area contributed by atoms with Gasteiger partial charge < -0.3 is 15.0 Å². The summed E-state index contributed by atoms with van der Waals surface area (Å²) < 4.78 is 35.0. The molecule has 0 radical (unpaired) electrons. The van der Waals surface area contributed by atoms with Gasteiger partial charge in [-0.2, -0.15) is 0 Å². The summed E-state index contributed by atoms with van der Waals surface area (Å²) in [6, 6.07) is 19.2. The van der Waals surface area contributed by atoms with Crippen molar-refractivity contribution in [3.63, 3.8) is 0 Å². The van der Waals surface area contributed by atoms with Crippen molar-refractivity contribution in [2.75, 3.05) is 17.5 Å². The van der Waals surface area contributed by atoms with Crippen LogP contribution < -0.4 is 14.4 Å². The number of carbonyl (C=O) groups is 2. The molecule has 2 atom stereocenters. The summed E-state index contributed by atoms with van der Waals surface area (Å²) in [7, 11) is -4.25. The van der Waals surface area contributed by atoms with E-state index in [1.807, 2.05) is 52.0 Å². The number of anilines is 1. The van der Waals surface area contributed by atoms with Crippen LogP contribution in [0.3, 0.4) is 0 Å². The molecule has 0 aliphatic heterocycles. The second-order valence-corrected chi connectivity index (χ2v) is 12.4. The summed E-state index contributed by atoms with van der Waals surface area (Å²) in [4.78, 5) is 29.2. The lowest BCUT2D eigenvalue weighted by atomic mass is 10.1. The van der Waals surface area contributed by atoms with Crippen molar-refractivity contribution in [3.05, 3.63) is 88.9 Å². The number of benzene rings is 3. The summed E-state index contributed by atoms with van der Waals surface area (Å²) >= 11 is 6.04. The van der Waals surface area contributed by atoms with Crippen molar-refractivity contribution >= 4 is 39.1 Å². The normalized spacial score (nSPS) is 12.7. The Bertz CT molecular complexity index is 1460. The number of amides is 2. The quantitative estimate of drug-likeness (QED) is 0.242. The molecule has 10 heteroatoms. The molecule has 3 rings (SSSR count). The number of ether oxygens (including phenoxy) is 1. The van der Waals surface area contributed by atoms with Gasteiger partial charge in [0, 0.05) is 17.6 Å². The number of halogens is 1. The average molecular weight is 614 g/mol. The van der Waals surface area contributed by atoms with Gasteiger partial charge in [0.1, 0.15) is 18.3 Å². The topological polar surface area (TPSA) is 96.0 Å². The van der Waals surface area contributed by atoms with Crippen LogP contribution in [-0.4, -0.2) is 50.4 Å². The van der Waals surface area contributed by atoms with Crippen molar-refractivity contribution in [2.24, 2.45) is 0 Å². The van der Waals surface area contributed by atoms with Crippen molar-refractivity contribution in [3.8, 4) is 5.75 Å². The monoisotopic (exact) mass is 613 g/mol. The largest absolute Gasteiger partial charge is 0.492 e. The number of hydrogen-bond acceptors (Lipinski definition) is 5. The third kappa shape index (κ3) is 8.04. The first kappa shape index (κ1) is 32.9. The highest BCUT2D eigenvalue weighted by Crippen LogP contribution is 2.33. The summed E-state index contributed by atoms with van der Waals surface area (Å²) in [5, 5.41) is 3.37. The predicted octanol–water partition coefficient (Wildman–Crippen LogP) is 5.96. The van der Waals surface area contributed by atoms with Crippen LogP contribution in [0.15, 0.2) is 77.7 Å². The zero-order chi connectivity index (χ0) is 30.9. The molecule has 8 nitrogen and oxygen atoms in total. The minimum absolute atomic E-state index is 0.0296. The Morgan fingerprint density at radius 3 is 2.19 bits per heavy atom. The van der Waals surface area contributed by atoms with Gasteiger partial charge in [0.25, 0.3) is 10.0 Å². The Hall–Kier alpha value is -3.56. The second kappa shape index (κ2) is 15.1. The Kier molecular flexibility index (Phi) is 11.8. The Morgan fingerprint density at radius 2 is 1.57 bits per heavy atom. The first-order valence-corrected chi connectivity index (χ1v) is 16.0. The van der Waals surface area contributed by atoms with Gasteiger partial charge >= 0.3 is 0 Å². The molecule has 0 fully saturated rings. The van der Waals surface area contributed by atoms with E-state index >= 15 is 0 Å². The van der Waals surface area contributed by atoms with E-state index in [2.05, 4.69) is 5.32 Å². The van der Waals surface area contributed by atoms with Crippen LogP contribution in [0.2, 0.25) is 5.02 Å². The lowest BCUT2D eigenvalue weighted by Gasteiger charge is -2.34. The number of sulfonamides is 1. The Morgan fingerprint density at radius 1 is 0.929 bits per heavy atom. The average Bonchev–Trinajstić information content (AvgIpc) is 2.97. The molecule has 0 saturated heterocycles. The molecule has 0 aliphatic rings. The van der Waals surface area contributed by atoms with E-state index in [0.717, 1.165) is 21.9 Å². The van der Waals surface area contributed by atoms with Gasteiger partial charge in [0.05, 0.1) is 17.2 Å². The number of para-hydroxylation sites is 2. The molecule has 0 bridgehead atoms. The van der Waals surface area contributed by atoms with Gasteiger partial charge in [-0.3, -0.25) is 13.9 Å². The van der Waals surface area contributed by atoms with Gasteiger partial charge in [-0.15, -0.1) is 0 Å². The maximum atomic E-state index is 14.3. The van der Waals surface area contributed by atoms with Crippen LogP contribution in [0, 0.1) is 6.92 Å². The maximum Gasteiger partial charge on any atom is 0.264 e. The van der Waals surface area contributed by atoms with Gasteiger partial charge in [-0.05, 0) is 81.1 Å². The fraction of sp³-hybridized carbons (Fsp3) is 0.375. The van der Waals surface area contributed by atoms with E-state index in [-0.39, 0.29) is 29.1 Å². The van der Waals surface area contributed by atoms with Crippen molar-refractivity contribution in [1.82, 2.24) is 10.2 Å². The van der Waals surface area contributed by atoms with Crippen molar-refractivity contribution in [1.29, 1.82) is 0 Å². The number of carbonyl (C=O) groups excluding carboxylic acids is 2. The first-order valence-electron chi connectivity index (χ1n) is 14.2. The van der Waals surface area contributed by atoms with Crippen LogP contribution >= 0.6 is 11.6 Å². The minimum Gasteiger partial charge on any atom is -0.492 e. The van der Waals surface area contributed by atoms with Crippen LogP contribution in [0.1, 0.15) is 51.7 Å². The standard InChI is InChI=1S/C32H40ClN3O5S/c1-6-24(5)34-32(38)28(7-2)35(21-25-14-10-9-13-23(25)4)31(37)22-36(29-15-11-12-16-30(29)41-8-3)42(39,40)27-19-17-26(33)18-20-27/h9-20,24,28H,6-8,21-22H2,1-5H3,(H,34,38)/t24-,28+/m0/s1.